The minimum Gasteiger partial charge on any atom is -0.504 e. The number of hydrogen-bond acceptors (Lipinski definition) is 8. The van der Waals surface area contributed by atoms with Gasteiger partial charge in [0.2, 0.25) is 0 Å². The van der Waals surface area contributed by atoms with Gasteiger partial charge in [0.05, 0.1) is 26.4 Å². The van der Waals surface area contributed by atoms with Crippen molar-refractivity contribution in [2.75, 3.05) is 20.8 Å². The van der Waals surface area contributed by atoms with Crippen LogP contribution < -0.4 is 19.5 Å². The lowest BCUT2D eigenvalue weighted by atomic mass is 9.71. The molecule has 2 N–H and O–H groups in total. The van der Waals surface area contributed by atoms with E-state index in [2.05, 4.69) is 5.32 Å². The van der Waals surface area contributed by atoms with Crippen LogP contribution in [0.15, 0.2) is 58.9 Å². The Bertz CT molecular complexity index is 1370. The van der Waals surface area contributed by atoms with Crippen molar-refractivity contribution in [2.45, 2.75) is 70.3 Å². The van der Waals surface area contributed by atoms with Crippen LogP contribution in [0.3, 0.4) is 0 Å². The first kappa shape index (κ1) is 27.6. The van der Waals surface area contributed by atoms with E-state index in [4.69, 9.17) is 18.9 Å². The maximum Gasteiger partial charge on any atom is 0.337 e. The number of hydrogen-bond donors (Lipinski definition) is 2. The first-order chi connectivity index (χ1) is 19.3. The third kappa shape index (κ3) is 5.27. The number of aromatic hydroxyl groups is 1. The third-order valence-electron chi connectivity index (χ3n) is 8.12. The van der Waals surface area contributed by atoms with Crippen LogP contribution in [0.4, 0.5) is 0 Å². The molecule has 3 aliphatic rings. The van der Waals surface area contributed by atoms with Crippen LogP contribution >= 0.6 is 0 Å². The van der Waals surface area contributed by atoms with Gasteiger partial charge in [0.15, 0.2) is 28.8 Å². The van der Waals surface area contributed by atoms with Crippen molar-refractivity contribution in [2.24, 2.45) is 0 Å². The smallest absolute Gasteiger partial charge is 0.337 e. The van der Waals surface area contributed by atoms with E-state index in [9.17, 15) is 14.7 Å². The van der Waals surface area contributed by atoms with Crippen molar-refractivity contribution in [3.8, 4) is 23.0 Å². The van der Waals surface area contributed by atoms with Crippen LogP contribution in [-0.2, 0) is 14.3 Å². The molecular formula is C32H37NO7. The largest absolute Gasteiger partial charge is 0.504 e. The number of carbonyl (C=O) groups is 2. The van der Waals surface area contributed by atoms with E-state index in [0.717, 1.165) is 36.9 Å². The molecule has 1 heterocycles. The number of ketones is 1. The first-order valence-corrected chi connectivity index (χ1v) is 14.0. The fraction of sp³-hybridized carbons (Fsp3) is 0.438. The Balaban J connectivity index is 1.56. The van der Waals surface area contributed by atoms with Gasteiger partial charge in [0, 0.05) is 29.3 Å². The monoisotopic (exact) mass is 547 g/mol. The number of benzene rings is 2. The minimum absolute atomic E-state index is 0.00742. The highest BCUT2D eigenvalue weighted by molar-refractivity contribution is 6.04. The third-order valence-corrected chi connectivity index (χ3v) is 8.12. The highest BCUT2D eigenvalue weighted by atomic mass is 16.5. The van der Waals surface area contributed by atoms with Gasteiger partial charge in [-0.05, 0) is 87.3 Å². The predicted molar refractivity (Wildman–Crippen MR) is 150 cm³/mol. The molecule has 5 rings (SSSR count). The van der Waals surface area contributed by atoms with Gasteiger partial charge in [-0.3, -0.25) is 4.79 Å². The molecule has 0 spiro atoms. The number of carbonyl (C=O) groups excluding carboxylic acids is 2. The summed E-state index contributed by atoms with van der Waals surface area (Å²) in [7, 11) is 3.19. The van der Waals surface area contributed by atoms with Crippen molar-refractivity contribution >= 4 is 11.8 Å². The lowest BCUT2D eigenvalue weighted by Gasteiger charge is -2.37. The summed E-state index contributed by atoms with van der Waals surface area (Å²) in [5, 5.41) is 13.8. The van der Waals surface area contributed by atoms with E-state index in [0.29, 0.717) is 52.7 Å². The molecule has 40 heavy (non-hydrogen) atoms. The zero-order valence-electron chi connectivity index (χ0n) is 23.5. The normalized spacial score (nSPS) is 21.1. The molecular weight excluding hydrogens is 510 g/mol. The summed E-state index contributed by atoms with van der Waals surface area (Å²) in [6.45, 7) is 4.07. The van der Waals surface area contributed by atoms with Gasteiger partial charge in [-0.2, -0.15) is 0 Å². The van der Waals surface area contributed by atoms with E-state index in [1.807, 2.05) is 32.0 Å². The van der Waals surface area contributed by atoms with Crippen LogP contribution in [0.5, 0.6) is 23.0 Å². The van der Waals surface area contributed by atoms with E-state index < -0.39 is 11.9 Å². The lowest BCUT2D eigenvalue weighted by Crippen LogP contribution is -2.36. The molecule has 0 radical (unpaired) electrons. The van der Waals surface area contributed by atoms with Crippen molar-refractivity contribution in [3.05, 3.63) is 70.1 Å². The highest BCUT2D eigenvalue weighted by Gasteiger charge is 2.42. The number of dihydropyridines is 1. The second-order valence-corrected chi connectivity index (χ2v) is 10.6. The molecule has 2 unspecified atom stereocenters. The summed E-state index contributed by atoms with van der Waals surface area (Å²) in [6, 6.07) is 10.8. The van der Waals surface area contributed by atoms with Gasteiger partial charge in [-0.15, -0.1) is 0 Å². The molecule has 2 aromatic rings. The fourth-order valence-corrected chi connectivity index (χ4v) is 6.19. The Labute approximate surface area is 235 Å². The van der Waals surface area contributed by atoms with Gasteiger partial charge in [0.25, 0.3) is 0 Å². The average molecular weight is 548 g/mol. The topological polar surface area (TPSA) is 103 Å². The molecule has 2 atom stereocenters. The molecule has 2 aromatic carbocycles. The summed E-state index contributed by atoms with van der Waals surface area (Å²) >= 11 is 0. The number of phenolic OH excluding ortho intramolecular Hbond substituents is 1. The van der Waals surface area contributed by atoms with Crippen molar-refractivity contribution < 1.29 is 33.6 Å². The number of ether oxygens (including phenoxy) is 4. The number of esters is 1. The standard InChI is InChI=1S/C32H37NO7/c1-5-39-27-17-20(10-12-24(27)34)30-29(32(36)40-22-8-6-7-9-22)18(2)33-23-14-21(15-25(35)31(23)30)19-11-13-26(37-3)28(16-19)38-4/h10-13,16-17,21-22,30,33-34H,5-9,14-15H2,1-4H3. The predicted octanol–water partition coefficient (Wildman–Crippen LogP) is 5.66. The molecule has 1 aliphatic heterocycles. The van der Waals surface area contributed by atoms with Gasteiger partial charge in [-0.1, -0.05) is 12.1 Å². The number of nitrogens with one attached hydrogen (secondary N) is 1. The Hall–Kier alpha value is -3.94. The maximum atomic E-state index is 14.0. The molecule has 212 valence electrons. The molecule has 1 fully saturated rings. The van der Waals surface area contributed by atoms with Crippen molar-refractivity contribution in [1.82, 2.24) is 5.32 Å². The van der Waals surface area contributed by atoms with E-state index >= 15 is 0 Å². The first-order valence-electron chi connectivity index (χ1n) is 14.0. The van der Waals surface area contributed by atoms with Gasteiger partial charge < -0.3 is 29.4 Å². The van der Waals surface area contributed by atoms with Crippen LogP contribution in [0, 0.1) is 0 Å². The highest BCUT2D eigenvalue weighted by Crippen LogP contribution is 2.47. The van der Waals surface area contributed by atoms with Crippen LogP contribution in [-0.4, -0.2) is 43.8 Å². The number of rotatable bonds is 8. The maximum absolute atomic E-state index is 14.0. The second kappa shape index (κ2) is 11.7. The Kier molecular flexibility index (Phi) is 8.05. The minimum atomic E-state index is -0.635. The van der Waals surface area contributed by atoms with Crippen molar-refractivity contribution in [1.29, 1.82) is 0 Å². The zero-order valence-corrected chi connectivity index (χ0v) is 23.5. The molecule has 0 amide bonds. The summed E-state index contributed by atoms with van der Waals surface area (Å²) in [6.07, 6.45) is 4.54. The molecule has 0 saturated heterocycles. The Morgan fingerprint density at radius 1 is 0.975 bits per heavy atom. The molecule has 0 bridgehead atoms. The summed E-state index contributed by atoms with van der Waals surface area (Å²) in [5.74, 6) is 0.411. The molecule has 0 aromatic heterocycles. The van der Waals surface area contributed by atoms with Gasteiger partial charge in [-0.25, -0.2) is 4.79 Å². The number of phenols is 1. The second-order valence-electron chi connectivity index (χ2n) is 10.6. The Morgan fingerprint density at radius 3 is 2.38 bits per heavy atom. The molecule has 8 heteroatoms. The van der Waals surface area contributed by atoms with Crippen LogP contribution in [0.2, 0.25) is 0 Å². The van der Waals surface area contributed by atoms with E-state index in [1.54, 1.807) is 32.4 Å². The quantitative estimate of drug-likeness (QED) is 0.409. The SMILES string of the molecule is CCOc1cc(C2C(C(=O)OC3CCCC3)=C(C)NC3=C2C(=O)CC(c2ccc(OC)c(OC)c2)C3)ccc1O. The summed E-state index contributed by atoms with van der Waals surface area (Å²) < 4.78 is 22.5. The summed E-state index contributed by atoms with van der Waals surface area (Å²) in [5.41, 5.74) is 4.13. The summed E-state index contributed by atoms with van der Waals surface area (Å²) in [4.78, 5) is 27.6. The number of methoxy groups -OCH3 is 2. The van der Waals surface area contributed by atoms with Crippen LogP contribution in [0.25, 0.3) is 0 Å². The fourth-order valence-electron chi connectivity index (χ4n) is 6.19. The zero-order chi connectivity index (χ0) is 28.4. The van der Waals surface area contributed by atoms with E-state index in [-0.39, 0.29) is 30.0 Å². The Morgan fingerprint density at radius 2 is 1.68 bits per heavy atom. The lowest BCUT2D eigenvalue weighted by molar-refractivity contribution is -0.144. The number of Topliss-reactive ketones (excluding diaryl/α,β-unsaturated/α-hetero) is 1. The van der Waals surface area contributed by atoms with Gasteiger partial charge in [0.1, 0.15) is 6.10 Å². The molecule has 2 aliphatic carbocycles. The van der Waals surface area contributed by atoms with Gasteiger partial charge >= 0.3 is 5.97 Å². The van der Waals surface area contributed by atoms with Crippen LogP contribution in [0.1, 0.15) is 75.3 Å². The molecule has 1 saturated carbocycles. The number of allylic oxidation sites excluding steroid dienone is 3. The van der Waals surface area contributed by atoms with E-state index in [1.165, 1.54) is 0 Å². The average Bonchev–Trinajstić information content (AvgIpc) is 3.46. The molecule has 8 nitrogen and oxygen atoms in total. The van der Waals surface area contributed by atoms with Crippen molar-refractivity contribution in [3.63, 3.8) is 0 Å².